The summed E-state index contributed by atoms with van der Waals surface area (Å²) in [6, 6.07) is 5.69. The fourth-order valence-corrected chi connectivity index (χ4v) is 4.31. The Morgan fingerprint density at radius 2 is 2.21 bits per heavy atom. The molecule has 0 aromatic heterocycles. The van der Waals surface area contributed by atoms with Gasteiger partial charge >= 0.3 is 0 Å². The Hall–Kier alpha value is -0.980. The first-order valence-corrected chi connectivity index (χ1v) is 7.99. The number of halogens is 1. The lowest BCUT2D eigenvalue weighted by Gasteiger charge is -2.35. The van der Waals surface area contributed by atoms with Crippen molar-refractivity contribution in [1.82, 2.24) is 4.31 Å². The molecule has 19 heavy (non-hydrogen) atoms. The molecule has 2 N–H and O–H groups in total. The zero-order chi connectivity index (χ0) is 14.0. The minimum Gasteiger partial charge on any atom is -0.328 e. The maximum Gasteiger partial charge on any atom is 0.218 e. The van der Waals surface area contributed by atoms with Crippen LogP contribution in [0.2, 0.25) is 0 Å². The number of nitrogens with two attached hydrogens (primary N) is 1. The molecule has 1 aliphatic rings. The second-order valence-corrected chi connectivity index (χ2v) is 7.05. The summed E-state index contributed by atoms with van der Waals surface area (Å²) < 4.78 is 39.3. The van der Waals surface area contributed by atoms with Crippen LogP contribution in [0.25, 0.3) is 0 Å². The van der Waals surface area contributed by atoms with Gasteiger partial charge in [0.25, 0.3) is 0 Å². The summed E-state index contributed by atoms with van der Waals surface area (Å²) in [4.78, 5) is 0. The van der Waals surface area contributed by atoms with E-state index in [0.717, 1.165) is 0 Å². The van der Waals surface area contributed by atoms with Crippen LogP contribution in [-0.2, 0) is 15.8 Å². The number of hydrogen-bond donors (Lipinski definition) is 1. The van der Waals surface area contributed by atoms with Crippen LogP contribution in [0.15, 0.2) is 24.3 Å². The first-order valence-electron chi connectivity index (χ1n) is 6.38. The van der Waals surface area contributed by atoms with Crippen molar-refractivity contribution in [3.63, 3.8) is 0 Å². The van der Waals surface area contributed by atoms with Gasteiger partial charge in [-0.1, -0.05) is 12.1 Å². The molecule has 0 unspecified atom stereocenters. The van der Waals surface area contributed by atoms with Gasteiger partial charge in [0.05, 0.1) is 5.75 Å². The minimum atomic E-state index is -3.41. The molecule has 1 heterocycles. The van der Waals surface area contributed by atoms with Gasteiger partial charge in [0.15, 0.2) is 0 Å². The van der Waals surface area contributed by atoms with Crippen molar-refractivity contribution in [2.75, 3.05) is 6.54 Å². The molecule has 1 aliphatic heterocycles. The molecule has 0 spiro atoms. The highest BCUT2D eigenvalue weighted by molar-refractivity contribution is 7.88. The smallest absolute Gasteiger partial charge is 0.218 e. The first kappa shape index (κ1) is 14.4. The molecule has 1 aromatic rings. The second kappa shape index (κ2) is 5.56. The Bertz CT molecular complexity index is 547. The predicted octanol–water partition coefficient (Wildman–Crippen LogP) is 1.47. The van der Waals surface area contributed by atoms with Crippen LogP contribution in [0.4, 0.5) is 4.39 Å². The first-order chi connectivity index (χ1) is 8.88. The fourth-order valence-electron chi connectivity index (χ4n) is 2.52. The van der Waals surface area contributed by atoms with Gasteiger partial charge < -0.3 is 5.73 Å². The largest absolute Gasteiger partial charge is 0.328 e. The van der Waals surface area contributed by atoms with E-state index in [4.69, 9.17) is 5.73 Å². The maximum atomic E-state index is 13.1. The Morgan fingerprint density at radius 1 is 1.47 bits per heavy atom. The van der Waals surface area contributed by atoms with Crippen molar-refractivity contribution in [3.05, 3.63) is 35.6 Å². The summed E-state index contributed by atoms with van der Waals surface area (Å²) in [5, 5.41) is 0. The summed E-state index contributed by atoms with van der Waals surface area (Å²) >= 11 is 0. The lowest BCUT2D eigenvalue weighted by Crippen LogP contribution is -2.48. The summed E-state index contributed by atoms with van der Waals surface area (Å²) in [6.07, 6.45) is 1.34. The molecule has 106 valence electrons. The van der Waals surface area contributed by atoms with Crippen molar-refractivity contribution in [3.8, 4) is 0 Å². The molecule has 0 saturated carbocycles. The molecular formula is C13H19FN2O2S. The highest BCUT2D eigenvalue weighted by atomic mass is 32.2. The monoisotopic (exact) mass is 286 g/mol. The highest BCUT2D eigenvalue weighted by Crippen LogP contribution is 2.22. The molecule has 0 radical (unpaired) electrons. The molecule has 1 saturated heterocycles. The lowest BCUT2D eigenvalue weighted by molar-refractivity contribution is 0.247. The van der Waals surface area contributed by atoms with Crippen molar-refractivity contribution >= 4 is 10.0 Å². The third-order valence-corrected chi connectivity index (χ3v) is 5.41. The summed E-state index contributed by atoms with van der Waals surface area (Å²) in [6.45, 7) is 2.31. The molecule has 4 nitrogen and oxygen atoms in total. The summed E-state index contributed by atoms with van der Waals surface area (Å²) in [5.41, 5.74) is 6.31. The van der Waals surface area contributed by atoms with Gasteiger partial charge in [0, 0.05) is 18.6 Å². The number of piperidine rings is 1. The van der Waals surface area contributed by atoms with Crippen LogP contribution in [0.5, 0.6) is 0 Å². The molecule has 0 amide bonds. The van der Waals surface area contributed by atoms with E-state index >= 15 is 0 Å². The van der Waals surface area contributed by atoms with Crippen LogP contribution in [0.1, 0.15) is 25.3 Å². The topological polar surface area (TPSA) is 63.4 Å². The van der Waals surface area contributed by atoms with Crippen molar-refractivity contribution in [2.45, 2.75) is 37.6 Å². The van der Waals surface area contributed by atoms with Gasteiger partial charge in [-0.3, -0.25) is 0 Å². The van der Waals surface area contributed by atoms with E-state index < -0.39 is 15.8 Å². The standard InChI is InChI=1S/C13H19FN2O2S/c1-10-7-13(15)5-6-16(10)19(17,18)9-11-3-2-4-12(14)8-11/h2-4,8,10,13H,5-7,9,15H2,1H3/t10-,13-/m0/s1. The summed E-state index contributed by atoms with van der Waals surface area (Å²) in [5.74, 6) is -0.578. The van der Waals surface area contributed by atoms with Crippen LogP contribution in [0, 0.1) is 5.82 Å². The van der Waals surface area contributed by atoms with Gasteiger partial charge in [-0.15, -0.1) is 0 Å². The van der Waals surface area contributed by atoms with Gasteiger partial charge in [-0.05, 0) is 37.5 Å². The Morgan fingerprint density at radius 3 is 2.84 bits per heavy atom. The molecule has 1 fully saturated rings. The van der Waals surface area contributed by atoms with Gasteiger partial charge in [0.1, 0.15) is 5.82 Å². The third kappa shape index (κ3) is 3.52. The summed E-state index contributed by atoms with van der Waals surface area (Å²) in [7, 11) is -3.41. The highest BCUT2D eigenvalue weighted by Gasteiger charge is 2.32. The zero-order valence-corrected chi connectivity index (χ0v) is 11.7. The molecule has 0 bridgehead atoms. The Balaban J connectivity index is 2.14. The minimum absolute atomic E-state index is 0.0654. The van der Waals surface area contributed by atoms with Crippen LogP contribution in [0.3, 0.4) is 0 Å². The average Bonchev–Trinajstić information content (AvgIpc) is 2.27. The van der Waals surface area contributed by atoms with Crippen LogP contribution < -0.4 is 5.73 Å². The Labute approximate surface area is 113 Å². The van der Waals surface area contributed by atoms with Gasteiger partial charge in [0.2, 0.25) is 10.0 Å². The van der Waals surface area contributed by atoms with Crippen LogP contribution >= 0.6 is 0 Å². The number of nitrogens with zero attached hydrogens (tertiary/aromatic N) is 1. The molecule has 6 heteroatoms. The average molecular weight is 286 g/mol. The second-order valence-electron chi connectivity index (χ2n) is 5.13. The fraction of sp³-hybridized carbons (Fsp3) is 0.538. The molecule has 2 rings (SSSR count). The number of hydrogen-bond acceptors (Lipinski definition) is 3. The zero-order valence-electron chi connectivity index (χ0n) is 10.9. The van der Waals surface area contributed by atoms with Gasteiger partial charge in [-0.25, -0.2) is 12.8 Å². The number of benzene rings is 1. The van der Waals surface area contributed by atoms with E-state index in [1.54, 1.807) is 6.07 Å². The van der Waals surface area contributed by atoms with Gasteiger partial charge in [-0.2, -0.15) is 4.31 Å². The quantitative estimate of drug-likeness (QED) is 0.915. The number of rotatable bonds is 3. The van der Waals surface area contributed by atoms with E-state index in [0.29, 0.717) is 24.9 Å². The molecule has 1 aromatic carbocycles. The van der Waals surface area contributed by atoms with E-state index in [1.165, 1.54) is 22.5 Å². The third-order valence-electron chi connectivity index (χ3n) is 3.45. The molecule has 2 atom stereocenters. The lowest BCUT2D eigenvalue weighted by atomic mass is 10.0. The van der Waals surface area contributed by atoms with E-state index in [1.807, 2.05) is 6.92 Å². The predicted molar refractivity (Wildman–Crippen MR) is 72.4 cm³/mol. The van der Waals surface area contributed by atoms with Crippen molar-refractivity contribution < 1.29 is 12.8 Å². The van der Waals surface area contributed by atoms with Crippen LogP contribution in [-0.4, -0.2) is 31.4 Å². The maximum absolute atomic E-state index is 13.1. The van der Waals surface area contributed by atoms with E-state index in [2.05, 4.69) is 0 Å². The molecular weight excluding hydrogens is 267 g/mol. The van der Waals surface area contributed by atoms with E-state index in [-0.39, 0.29) is 17.8 Å². The number of sulfonamides is 1. The van der Waals surface area contributed by atoms with E-state index in [9.17, 15) is 12.8 Å². The Kier molecular flexibility index (Phi) is 4.23. The molecule has 0 aliphatic carbocycles. The normalized spacial score (nSPS) is 25.4. The SMILES string of the molecule is C[C@H]1C[C@@H](N)CCN1S(=O)(=O)Cc1cccc(F)c1. The van der Waals surface area contributed by atoms with Crippen molar-refractivity contribution in [1.29, 1.82) is 0 Å². The van der Waals surface area contributed by atoms with Crippen molar-refractivity contribution in [2.24, 2.45) is 5.73 Å².